The predicted molar refractivity (Wildman–Crippen MR) is 326 cm³/mol. The fourth-order valence-electron chi connectivity index (χ4n) is 12.9. The van der Waals surface area contributed by atoms with Gasteiger partial charge in [0.25, 0.3) is 6.33 Å². The van der Waals surface area contributed by atoms with Crippen LogP contribution in [0.2, 0.25) is 0 Å². The third kappa shape index (κ3) is 6.41. The fourth-order valence-corrected chi connectivity index (χ4v) is 12.9. The molecular formula is C72H44N6O. The molecule has 0 radical (unpaired) electrons. The van der Waals surface area contributed by atoms with E-state index in [2.05, 4.69) is 283 Å². The Morgan fingerprint density at radius 1 is 0.342 bits per heavy atom. The van der Waals surface area contributed by atoms with Crippen molar-refractivity contribution in [2.24, 2.45) is 0 Å². The molecule has 0 fully saturated rings. The number of benzene rings is 11. The molecule has 0 amide bonds. The van der Waals surface area contributed by atoms with Crippen LogP contribution in [0, 0.1) is 6.33 Å². The number of hydrogen-bond acceptors (Lipinski definition) is 2. The van der Waals surface area contributed by atoms with Gasteiger partial charge in [0.15, 0.2) is 0 Å². The number of nitrogens with zero attached hydrogens (tertiary/aromatic N) is 6. The largest absolute Gasteiger partial charge is 0.458 e. The van der Waals surface area contributed by atoms with Crippen LogP contribution in [0.1, 0.15) is 0 Å². The van der Waals surface area contributed by atoms with Gasteiger partial charge in [-0.1, -0.05) is 188 Å². The van der Waals surface area contributed by atoms with Crippen molar-refractivity contribution < 1.29 is 8.82 Å². The highest BCUT2D eigenvalue weighted by molar-refractivity contribution is 6.23. The van der Waals surface area contributed by atoms with E-state index in [1.54, 1.807) is 0 Å². The number of para-hydroxylation sites is 8. The van der Waals surface area contributed by atoms with Crippen LogP contribution >= 0.6 is 0 Å². The van der Waals surface area contributed by atoms with Gasteiger partial charge in [0.05, 0.1) is 72.4 Å². The van der Waals surface area contributed by atoms with Crippen LogP contribution in [0.25, 0.3) is 148 Å². The Kier molecular flexibility index (Phi) is 9.28. The molecule has 0 aliphatic carbocycles. The SMILES string of the molecule is [c-]1n2c3cccc(c3)oc3ccc4c5ccccc5n(c5ccc(cn5)n5c6ccccc6c6cccc(c65)n5c6ccccc6c6cccc(c7ccccc7c7cccc(-c8ccccc8)c7[n+]1c1ccccc12)c65)c4c3. The molecule has 0 saturated carbocycles. The number of hydrogen-bond donors (Lipinski definition) is 0. The topological polar surface area (TPSA) is 47.8 Å². The van der Waals surface area contributed by atoms with Gasteiger partial charge in [-0.25, -0.2) is 4.98 Å². The van der Waals surface area contributed by atoms with Crippen molar-refractivity contribution in [3.05, 3.63) is 273 Å². The zero-order chi connectivity index (χ0) is 51.7. The second-order valence-electron chi connectivity index (χ2n) is 20.5. The third-order valence-electron chi connectivity index (χ3n) is 16.2. The lowest BCUT2D eigenvalue weighted by Crippen LogP contribution is -2.20. The van der Waals surface area contributed by atoms with E-state index in [1.165, 1.54) is 16.2 Å². The van der Waals surface area contributed by atoms with Crippen molar-refractivity contribution in [1.29, 1.82) is 0 Å². The van der Waals surface area contributed by atoms with Crippen molar-refractivity contribution in [3.63, 3.8) is 0 Å². The Bertz CT molecular complexity index is 5680. The van der Waals surface area contributed by atoms with Gasteiger partial charge in [0.2, 0.25) is 0 Å². The molecular weight excluding hydrogens is 965 g/mol. The van der Waals surface area contributed by atoms with E-state index in [4.69, 9.17) is 9.40 Å². The first-order chi connectivity index (χ1) is 39.2. The zero-order valence-electron chi connectivity index (χ0n) is 42.5. The predicted octanol–water partition coefficient (Wildman–Crippen LogP) is 17.8. The average molecular weight is 1010 g/mol. The second kappa shape index (κ2) is 16.9. The van der Waals surface area contributed by atoms with Crippen LogP contribution in [0.3, 0.4) is 0 Å². The fraction of sp³-hybridized carbons (Fsp3) is 0. The number of fused-ring (bicyclic) bond motifs is 9. The van der Waals surface area contributed by atoms with Crippen LogP contribution < -0.4 is 4.40 Å². The van der Waals surface area contributed by atoms with E-state index in [0.717, 1.165) is 126 Å². The highest BCUT2D eigenvalue weighted by atomic mass is 16.3. The molecule has 79 heavy (non-hydrogen) atoms. The highest BCUT2D eigenvalue weighted by Gasteiger charge is 2.19. The summed E-state index contributed by atoms with van der Waals surface area (Å²) >= 11 is 0. The summed E-state index contributed by atoms with van der Waals surface area (Å²) in [6, 6.07) is 93.8. The highest BCUT2D eigenvalue weighted by Crippen LogP contribution is 2.40. The Morgan fingerprint density at radius 2 is 0.886 bits per heavy atom. The van der Waals surface area contributed by atoms with E-state index in [-0.39, 0.29) is 0 Å². The molecule has 0 N–H and O–H groups in total. The summed E-state index contributed by atoms with van der Waals surface area (Å²) < 4.78 is 18.5. The number of pyridine rings is 1. The van der Waals surface area contributed by atoms with Crippen LogP contribution in [-0.4, -0.2) is 22.6 Å². The molecule has 7 aromatic heterocycles. The number of rotatable bonds is 1. The van der Waals surface area contributed by atoms with Gasteiger partial charge in [-0.3, -0.25) is 13.2 Å². The molecule has 8 bridgehead atoms. The first kappa shape index (κ1) is 43.5. The van der Waals surface area contributed by atoms with Crippen molar-refractivity contribution in [2.45, 2.75) is 0 Å². The van der Waals surface area contributed by atoms with Crippen molar-refractivity contribution in [2.75, 3.05) is 0 Å². The molecule has 11 aromatic carbocycles. The molecule has 0 spiro atoms. The van der Waals surface area contributed by atoms with Gasteiger partial charge in [-0.05, 0) is 94.0 Å². The lowest BCUT2D eigenvalue weighted by Gasteiger charge is -2.10. The molecule has 7 heterocycles. The van der Waals surface area contributed by atoms with E-state index >= 15 is 0 Å². The zero-order valence-corrected chi connectivity index (χ0v) is 42.5. The molecule has 368 valence electrons. The third-order valence-corrected chi connectivity index (χ3v) is 16.2. The van der Waals surface area contributed by atoms with Crippen LogP contribution in [0.5, 0.6) is 0 Å². The Hall–Kier alpha value is -10.8. The lowest BCUT2D eigenvalue weighted by atomic mass is 9.98. The monoisotopic (exact) mass is 1010 g/mol. The van der Waals surface area contributed by atoms with Crippen molar-refractivity contribution >= 4 is 137 Å². The molecule has 7 heteroatoms. The standard InChI is InChI=1S/C72H44N6O/c1-2-18-46(19-3-1)51-27-15-28-58-52-22-4-5-23-53(52)59-29-16-30-60-55-25-8-11-34-64(55)78(71(59)60)67-37-17-31-61-56-26-7-9-32-62(56)76(72(61)67)48-38-41-69(73-44-48)77-63-33-10-6-24-54(63)57-40-39-50(43-68(57)77)79-49-21-14-20-47(42-49)74-45-75(70(51)58)66-36-13-12-35-65(66)74/h1-44H. The minimum atomic E-state index is 0.710. The number of aromatic nitrogens is 6. The summed E-state index contributed by atoms with van der Waals surface area (Å²) in [5, 5.41) is 11.4. The first-order valence-corrected chi connectivity index (χ1v) is 26.8. The molecule has 0 aliphatic rings. The van der Waals surface area contributed by atoms with Crippen LogP contribution in [-0.2, 0) is 0 Å². The molecule has 0 unspecified atom stereocenters. The van der Waals surface area contributed by atoms with Crippen molar-refractivity contribution in [1.82, 2.24) is 22.6 Å². The maximum atomic E-state index is 6.88. The summed E-state index contributed by atoms with van der Waals surface area (Å²) in [6.07, 6.45) is 5.96. The second-order valence-corrected chi connectivity index (χ2v) is 20.5. The van der Waals surface area contributed by atoms with Gasteiger partial charge in [-0.2, -0.15) is 0 Å². The Morgan fingerprint density at radius 3 is 1.65 bits per heavy atom. The molecule has 7 nitrogen and oxygen atoms in total. The first-order valence-electron chi connectivity index (χ1n) is 26.8. The Balaban J connectivity index is 1.15. The van der Waals surface area contributed by atoms with Gasteiger partial charge < -0.3 is 13.2 Å². The van der Waals surface area contributed by atoms with E-state index in [0.29, 0.717) is 5.58 Å². The summed E-state index contributed by atoms with van der Waals surface area (Å²) in [5.41, 5.74) is 17.0. The average Bonchev–Trinajstić information content (AvgIpc) is 4.18. The van der Waals surface area contributed by atoms with Gasteiger partial charge >= 0.3 is 0 Å². The summed E-state index contributed by atoms with van der Waals surface area (Å²) in [4.78, 5) is 5.37. The van der Waals surface area contributed by atoms with Gasteiger partial charge in [0.1, 0.15) is 16.8 Å². The number of imidazole rings is 1. The molecule has 18 aromatic rings. The van der Waals surface area contributed by atoms with Crippen molar-refractivity contribution in [3.8, 4) is 11.1 Å². The summed E-state index contributed by atoms with van der Waals surface area (Å²) in [7, 11) is 0. The summed E-state index contributed by atoms with van der Waals surface area (Å²) in [5.74, 6) is 0. The smallest absolute Gasteiger partial charge is 0.269 e. The van der Waals surface area contributed by atoms with Gasteiger partial charge in [-0.15, -0.1) is 0 Å². The molecule has 0 aliphatic heterocycles. The molecule has 18 rings (SSSR count). The maximum Gasteiger partial charge on any atom is 0.269 e. The summed E-state index contributed by atoms with van der Waals surface area (Å²) in [6.45, 7) is 0. The maximum absolute atomic E-state index is 6.88. The quantitative estimate of drug-likeness (QED) is 0.122. The minimum Gasteiger partial charge on any atom is -0.458 e. The minimum absolute atomic E-state index is 0.710. The van der Waals surface area contributed by atoms with E-state index in [9.17, 15) is 0 Å². The Labute approximate surface area is 450 Å². The lowest BCUT2D eigenvalue weighted by molar-refractivity contribution is -0.485. The van der Waals surface area contributed by atoms with Gasteiger partial charge in [0, 0.05) is 43.8 Å². The van der Waals surface area contributed by atoms with E-state index in [1.807, 2.05) is 12.3 Å². The van der Waals surface area contributed by atoms with E-state index < -0.39 is 0 Å². The molecule has 0 atom stereocenters. The normalized spacial score (nSPS) is 12.1. The molecule has 0 saturated heterocycles. The van der Waals surface area contributed by atoms with Crippen LogP contribution in [0.4, 0.5) is 0 Å². The van der Waals surface area contributed by atoms with Crippen LogP contribution in [0.15, 0.2) is 271 Å².